The maximum Gasteiger partial charge on any atom is 0.259 e. The van der Waals surface area contributed by atoms with Crippen LogP contribution in [0.3, 0.4) is 0 Å². The lowest BCUT2D eigenvalue weighted by Crippen LogP contribution is -2.29. The van der Waals surface area contributed by atoms with Crippen LogP contribution in [0, 0.1) is 13.8 Å². The number of nitrogens with zero attached hydrogens (tertiary/aromatic N) is 3. The molecule has 4 rings (SSSR count). The molecule has 0 aromatic carbocycles. The molecule has 0 radical (unpaired) electrons. The van der Waals surface area contributed by atoms with Crippen molar-refractivity contribution in [1.29, 1.82) is 0 Å². The average Bonchev–Trinajstić information content (AvgIpc) is 3.30. The third-order valence-corrected chi connectivity index (χ3v) is 8.61. The summed E-state index contributed by atoms with van der Waals surface area (Å²) in [6.45, 7) is 8.90. The number of carbonyl (C=O) groups is 1. The summed E-state index contributed by atoms with van der Waals surface area (Å²) in [5, 5.41) is 5.97. The lowest BCUT2D eigenvalue weighted by Gasteiger charge is -2.25. The zero-order valence-electron chi connectivity index (χ0n) is 18.0. The van der Waals surface area contributed by atoms with Gasteiger partial charge < -0.3 is 10.3 Å². The molecular weight excluding hydrogens is 450 g/mol. The van der Waals surface area contributed by atoms with Gasteiger partial charge in [-0.25, -0.2) is 9.97 Å². The number of anilines is 1. The topological polar surface area (TPSA) is 91.0 Å². The quantitative estimate of drug-likeness (QED) is 0.527. The number of hydrogen-bond donors (Lipinski definition) is 2. The van der Waals surface area contributed by atoms with Crippen LogP contribution < -0.4 is 10.9 Å². The zero-order chi connectivity index (χ0) is 22.0. The number of aryl methyl sites for hydroxylation is 2. The number of nitrogens with one attached hydrogen (secondary N) is 2. The van der Waals surface area contributed by atoms with Crippen LogP contribution in [0.1, 0.15) is 48.1 Å². The number of hydrogen-bond acceptors (Lipinski definition) is 8. The van der Waals surface area contributed by atoms with Gasteiger partial charge in [-0.2, -0.15) is 0 Å². The van der Waals surface area contributed by atoms with Crippen molar-refractivity contribution in [1.82, 2.24) is 19.9 Å². The average molecular weight is 478 g/mol. The summed E-state index contributed by atoms with van der Waals surface area (Å²) in [6, 6.07) is 0. The Labute approximate surface area is 193 Å². The molecule has 1 aliphatic heterocycles. The van der Waals surface area contributed by atoms with Crippen LogP contribution in [0.5, 0.6) is 0 Å². The van der Waals surface area contributed by atoms with E-state index in [1.165, 1.54) is 53.7 Å². The van der Waals surface area contributed by atoms with Gasteiger partial charge >= 0.3 is 0 Å². The highest BCUT2D eigenvalue weighted by molar-refractivity contribution is 7.99. The Bertz CT molecular complexity index is 1130. The molecule has 1 fully saturated rings. The van der Waals surface area contributed by atoms with Gasteiger partial charge in [0.25, 0.3) is 5.56 Å². The molecule has 3 aromatic rings. The van der Waals surface area contributed by atoms with Crippen LogP contribution in [0.2, 0.25) is 0 Å². The van der Waals surface area contributed by atoms with Gasteiger partial charge in [-0.1, -0.05) is 6.42 Å². The molecule has 0 bridgehead atoms. The number of piperidine rings is 1. The van der Waals surface area contributed by atoms with Crippen molar-refractivity contribution in [2.75, 3.05) is 18.4 Å². The Hall–Kier alpha value is -1.75. The van der Waals surface area contributed by atoms with Crippen molar-refractivity contribution in [2.45, 2.75) is 57.6 Å². The third-order valence-electron chi connectivity index (χ3n) is 5.54. The molecule has 0 aliphatic carbocycles. The van der Waals surface area contributed by atoms with E-state index in [-0.39, 0.29) is 16.7 Å². The minimum atomic E-state index is -0.290. The van der Waals surface area contributed by atoms with Crippen molar-refractivity contribution in [3.63, 3.8) is 0 Å². The first kappa shape index (κ1) is 22.4. The van der Waals surface area contributed by atoms with E-state index in [1.807, 2.05) is 26.2 Å². The van der Waals surface area contributed by atoms with Crippen molar-refractivity contribution in [3.05, 3.63) is 37.7 Å². The number of carbonyl (C=O) groups excluding carboxylic acids is 1. The summed E-state index contributed by atoms with van der Waals surface area (Å²) in [5.41, 5.74) is 1.89. The molecule has 166 valence electrons. The number of amides is 1. The predicted octanol–water partition coefficient (Wildman–Crippen LogP) is 4.30. The summed E-state index contributed by atoms with van der Waals surface area (Å²) in [6.07, 6.45) is 3.82. The fourth-order valence-electron chi connectivity index (χ4n) is 3.64. The number of likely N-dealkylation sites (tertiary alicyclic amines) is 1. The van der Waals surface area contributed by atoms with Crippen molar-refractivity contribution in [2.24, 2.45) is 0 Å². The van der Waals surface area contributed by atoms with E-state index in [2.05, 4.69) is 25.2 Å². The molecule has 1 saturated heterocycles. The highest BCUT2D eigenvalue weighted by Gasteiger charge is 2.18. The van der Waals surface area contributed by atoms with Gasteiger partial charge in [0.15, 0.2) is 5.13 Å². The smallest absolute Gasteiger partial charge is 0.259 e. The normalized spacial score (nSPS) is 16.0. The van der Waals surface area contributed by atoms with Crippen LogP contribution in [-0.4, -0.2) is 44.1 Å². The first-order chi connectivity index (χ1) is 14.9. The standard InChI is InChI=1S/C21H27N5O2S3/c1-12-13(2)31-20-17(12)19(28)23-16(24-20)11-29-14(3)18(27)25-21-22-15(10-30-21)9-26-7-5-4-6-8-26/h10,14H,4-9,11H2,1-3H3,(H,22,25,27)(H,23,24,28). The monoisotopic (exact) mass is 477 g/mol. The summed E-state index contributed by atoms with van der Waals surface area (Å²) >= 11 is 4.45. The summed E-state index contributed by atoms with van der Waals surface area (Å²) < 4.78 is 0. The van der Waals surface area contributed by atoms with E-state index < -0.39 is 0 Å². The number of rotatable bonds is 7. The zero-order valence-corrected chi connectivity index (χ0v) is 20.4. The largest absolute Gasteiger partial charge is 0.309 e. The minimum absolute atomic E-state index is 0.0879. The third kappa shape index (κ3) is 5.36. The van der Waals surface area contributed by atoms with E-state index in [0.717, 1.165) is 40.6 Å². The molecule has 10 heteroatoms. The number of H-pyrrole nitrogens is 1. The van der Waals surface area contributed by atoms with Crippen molar-refractivity contribution >= 4 is 55.7 Å². The second-order valence-corrected chi connectivity index (χ2v) is 11.3. The highest BCUT2D eigenvalue weighted by atomic mass is 32.2. The Morgan fingerprint density at radius 2 is 2.06 bits per heavy atom. The van der Waals surface area contributed by atoms with Gasteiger partial charge in [0.2, 0.25) is 5.91 Å². The molecule has 1 unspecified atom stereocenters. The lowest BCUT2D eigenvalue weighted by molar-refractivity contribution is -0.115. The lowest BCUT2D eigenvalue weighted by atomic mass is 10.1. The van der Waals surface area contributed by atoms with Crippen LogP contribution >= 0.6 is 34.4 Å². The Morgan fingerprint density at radius 1 is 1.29 bits per heavy atom. The fraction of sp³-hybridized carbons (Fsp3) is 0.524. The molecule has 2 N–H and O–H groups in total. The Balaban J connectivity index is 1.32. The number of aromatic amines is 1. The van der Waals surface area contributed by atoms with Crippen LogP contribution in [0.25, 0.3) is 10.2 Å². The number of thioether (sulfide) groups is 1. The van der Waals surface area contributed by atoms with Gasteiger partial charge in [0.1, 0.15) is 10.7 Å². The molecule has 0 saturated carbocycles. The molecule has 0 spiro atoms. The van der Waals surface area contributed by atoms with Gasteiger partial charge in [-0.05, 0) is 52.3 Å². The second-order valence-electron chi connectivity index (χ2n) is 7.90. The van der Waals surface area contributed by atoms with Crippen LogP contribution in [0.4, 0.5) is 5.13 Å². The molecule has 1 amide bonds. The number of thiazole rings is 1. The van der Waals surface area contributed by atoms with E-state index in [9.17, 15) is 9.59 Å². The maximum absolute atomic E-state index is 12.6. The number of thiophene rings is 1. The summed E-state index contributed by atoms with van der Waals surface area (Å²) in [7, 11) is 0. The molecule has 4 heterocycles. The van der Waals surface area contributed by atoms with E-state index in [4.69, 9.17) is 0 Å². The van der Waals surface area contributed by atoms with Gasteiger partial charge in [0.05, 0.1) is 22.1 Å². The molecule has 3 aromatic heterocycles. The molecule has 1 atom stereocenters. The SMILES string of the molecule is Cc1sc2nc(CSC(C)C(=O)Nc3nc(CN4CCCCC4)cs3)[nH]c(=O)c2c1C. The fourth-order valence-corrected chi connectivity index (χ4v) is 6.15. The Kier molecular flexibility index (Phi) is 7.10. The van der Waals surface area contributed by atoms with Crippen LogP contribution in [0.15, 0.2) is 10.2 Å². The first-order valence-electron chi connectivity index (χ1n) is 10.5. The van der Waals surface area contributed by atoms with E-state index in [1.54, 1.807) is 0 Å². The van der Waals surface area contributed by atoms with Crippen molar-refractivity contribution in [3.8, 4) is 0 Å². The number of aromatic nitrogens is 3. The second kappa shape index (κ2) is 9.81. The summed E-state index contributed by atoms with van der Waals surface area (Å²) in [4.78, 5) is 41.3. The number of fused-ring (bicyclic) bond motifs is 1. The van der Waals surface area contributed by atoms with Gasteiger partial charge in [-0.3, -0.25) is 14.5 Å². The van der Waals surface area contributed by atoms with Crippen molar-refractivity contribution < 1.29 is 4.79 Å². The van der Waals surface area contributed by atoms with Gasteiger partial charge in [-0.15, -0.1) is 34.4 Å². The summed E-state index contributed by atoms with van der Waals surface area (Å²) in [5.74, 6) is 0.977. The molecule has 31 heavy (non-hydrogen) atoms. The van der Waals surface area contributed by atoms with Crippen LogP contribution in [-0.2, 0) is 17.1 Å². The predicted molar refractivity (Wildman–Crippen MR) is 130 cm³/mol. The molecule has 1 aliphatic rings. The molecular formula is C21H27N5O2S3. The Morgan fingerprint density at radius 3 is 2.84 bits per heavy atom. The molecule has 7 nitrogen and oxygen atoms in total. The van der Waals surface area contributed by atoms with E-state index >= 15 is 0 Å². The minimum Gasteiger partial charge on any atom is -0.309 e. The maximum atomic E-state index is 12.6. The first-order valence-corrected chi connectivity index (χ1v) is 13.2. The highest BCUT2D eigenvalue weighted by Crippen LogP contribution is 2.27. The van der Waals surface area contributed by atoms with Gasteiger partial charge in [0, 0.05) is 16.8 Å². The van der Waals surface area contributed by atoms with E-state index in [0.29, 0.717) is 22.1 Å².